The fourth-order valence-corrected chi connectivity index (χ4v) is 8.15. The largest absolute Gasteiger partial charge is 0.486 e. The second-order valence-corrected chi connectivity index (χ2v) is 13.6. The molecule has 1 N–H and O–H groups in total. The molecule has 240 valence electrons. The highest BCUT2D eigenvalue weighted by Crippen LogP contribution is 2.62. The number of fused-ring (bicyclic) bond motifs is 1. The average molecular weight is 656 g/mol. The van der Waals surface area contributed by atoms with Crippen molar-refractivity contribution in [2.24, 2.45) is 17.3 Å². The quantitative estimate of drug-likeness (QED) is 0.268. The topological polar surface area (TPSA) is 93.1 Å². The lowest BCUT2D eigenvalue weighted by molar-refractivity contribution is -0.140. The fourth-order valence-electron chi connectivity index (χ4n) is 6.62. The van der Waals surface area contributed by atoms with Crippen LogP contribution in [0.25, 0.3) is 11.1 Å². The second-order valence-electron chi connectivity index (χ2n) is 11.7. The number of nitrogens with zero attached hydrogens (tertiary/aromatic N) is 1. The van der Waals surface area contributed by atoms with Crippen LogP contribution in [-0.4, -0.2) is 38.8 Å². The highest BCUT2D eigenvalue weighted by atomic mass is 32.2. The molecule has 0 radical (unpaired) electrons. The molecule has 2 saturated carbocycles. The van der Waals surface area contributed by atoms with E-state index in [-0.39, 0.29) is 40.4 Å². The molecule has 2 atom stereocenters. The molecule has 1 heterocycles. The van der Waals surface area contributed by atoms with Crippen LogP contribution in [0.3, 0.4) is 0 Å². The van der Waals surface area contributed by atoms with Crippen LogP contribution in [0.2, 0.25) is 0 Å². The summed E-state index contributed by atoms with van der Waals surface area (Å²) in [6.45, 7) is -3.47. The Balaban J connectivity index is 1.38. The summed E-state index contributed by atoms with van der Waals surface area (Å²) in [5.41, 5.74) is -1.15. The zero-order valence-electron chi connectivity index (χ0n) is 23.4. The minimum atomic E-state index is -4.80. The number of anilines is 1. The van der Waals surface area contributed by atoms with E-state index in [1.54, 1.807) is 0 Å². The number of sulfonamides is 1. The molecule has 0 unspecified atom stereocenters. The van der Waals surface area contributed by atoms with Crippen LogP contribution in [-0.2, 0) is 21.0 Å². The van der Waals surface area contributed by atoms with Gasteiger partial charge in [-0.3, -0.25) is 9.10 Å². The van der Waals surface area contributed by atoms with Gasteiger partial charge in [-0.1, -0.05) is 12.1 Å². The van der Waals surface area contributed by atoms with Crippen LogP contribution in [0, 0.1) is 23.1 Å². The molecular weight excluding hydrogens is 628 g/mol. The summed E-state index contributed by atoms with van der Waals surface area (Å²) in [5, 5.41) is 9.44. The second kappa shape index (κ2) is 11.1. The van der Waals surface area contributed by atoms with Crippen molar-refractivity contribution in [2.75, 3.05) is 10.8 Å². The van der Waals surface area contributed by atoms with Gasteiger partial charge in [0.05, 0.1) is 28.6 Å². The average Bonchev–Trinajstić information content (AvgIpc) is 3.69. The molecule has 0 bridgehead atoms. The predicted molar refractivity (Wildman–Crippen MR) is 149 cm³/mol. The van der Waals surface area contributed by atoms with Crippen LogP contribution < -0.4 is 13.8 Å². The van der Waals surface area contributed by atoms with E-state index in [9.17, 15) is 44.7 Å². The number of alkyl halides is 5. The molecule has 3 aromatic carbocycles. The highest BCUT2D eigenvalue weighted by molar-refractivity contribution is 7.92. The number of carboxylic acids is 1. The summed E-state index contributed by atoms with van der Waals surface area (Å²) in [6, 6.07) is 10.6. The van der Waals surface area contributed by atoms with Crippen LogP contribution in [0.15, 0.2) is 65.6 Å². The van der Waals surface area contributed by atoms with E-state index in [1.807, 2.05) is 0 Å². The summed E-state index contributed by atoms with van der Waals surface area (Å²) in [6.07, 6.45) is -2.48. The highest BCUT2D eigenvalue weighted by Gasteiger charge is 2.59. The van der Waals surface area contributed by atoms with Crippen molar-refractivity contribution in [3.63, 3.8) is 0 Å². The molecule has 6 rings (SSSR count). The minimum absolute atomic E-state index is 0.0258. The number of hydrogen-bond acceptors (Lipinski definition) is 5. The molecule has 45 heavy (non-hydrogen) atoms. The Hall–Kier alpha value is -3.94. The van der Waals surface area contributed by atoms with Crippen LogP contribution >= 0.6 is 0 Å². The van der Waals surface area contributed by atoms with Gasteiger partial charge in [-0.25, -0.2) is 12.8 Å². The van der Waals surface area contributed by atoms with Crippen molar-refractivity contribution in [2.45, 2.75) is 55.9 Å². The molecule has 0 amide bonds. The van der Waals surface area contributed by atoms with Crippen LogP contribution in [0.5, 0.6) is 11.5 Å². The number of carbonyl (C=O) groups is 1. The van der Waals surface area contributed by atoms with Crippen molar-refractivity contribution in [3.05, 3.63) is 72.0 Å². The SMILES string of the molecule is O=C(O)[C@@H]1CC12CCC([C@@H]1CN(S(=O)(=O)c3cccc(C(F)(F)F)c3)c3cc(-c4cc(F)cc(OC(F)F)c4)ccc3O1)CC2. The first-order chi connectivity index (χ1) is 21.2. The van der Waals surface area contributed by atoms with E-state index < -0.39 is 62.8 Å². The van der Waals surface area contributed by atoms with Gasteiger partial charge in [0.1, 0.15) is 23.4 Å². The number of aliphatic carboxylic acids is 1. The van der Waals surface area contributed by atoms with Crippen molar-refractivity contribution >= 4 is 21.7 Å². The third kappa shape index (κ3) is 6.03. The van der Waals surface area contributed by atoms with Crippen LogP contribution in [0.1, 0.15) is 37.7 Å². The molecule has 0 saturated heterocycles. The van der Waals surface area contributed by atoms with E-state index in [2.05, 4.69) is 4.74 Å². The molecule has 2 fully saturated rings. The lowest BCUT2D eigenvalue weighted by Gasteiger charge is -2.41. The van der Waals surface area contributed by atoms with Gasteiger partial charge >= 0.3 is 18.8 Å². The number of carboxylic acid groups (broad SMARTS) is 1. The predicted octanol–water partition coefficient (Wildman–Crippen LogP) is 7.35. The van der Waals surface area contributed by atoms with E-state index in [1.165, 1.54) is 18.2 Å². The molecule has 14 heteroatoms. The molecule has 1 spiro atoms. The number of halogens is 6. The third-order valence-electron chi connectivity index (χ3n) is 9.07. The van der Waals surface area contributed by atoms with E-state index in [0.29, 0.717) is 38.2 Å². The van der Waals surface area contributed by atoms with Crippen molar-refractivity contribution in [3.8, 4) is 22.6 Å². The van der Waals surface area contributed by atoms with Crippen molar-refractivity contribution < 1.29 is 54.1 Å². The maximum absolute atomic E-state index is 14.3. The van der Waals surface area contributed by atoms with Gasteiger partial charge < -0.3 is 14.6 Å². The summed E-state index contributed by atoms with van der Waals surface area (Å²) >= 11 is 0. The lowest BCUT2D eigenvalue weighted by Crippen LogP contribution is -2.47. The Kier molecular flexibility index (Phi) is 7.69. The van der Waals surface area contributed by atoms with Gasteiger partial charge in [-0.15, -0.1) is 0 Å². The Labute approximate surface area is 254 Å². The van der Waals surface area contributed by atoms with Crippen molar-refractivity contribution in [1.29, 1.82) is 0 Å². The standard InChI is InChI=1S/C31H27F6NO6S/c32-21-10-19(11-22(14-21)43-29(33)34)18-4-5-26-25(12-18)38(45(41,42)23-3-1-2-20(13-23)31(35,36)37)16-27(44-26)17-6-8-30(9-7-17)15-24(30)28(39)40/h1-5,10-14,17,24,27,29H,6-9,15-16H2,(H,39,40)/t17?,24-,27-,30?/m0/s1. The van der Waals surface area contributed by atoms with Crippen molar-refractivity contribution in [1.82, 2.24) is 0 Å². The van der Waals surface area contributed by atoms with E-state index >= 15 is 0 Å². The smallest absolute Gasteiger partial charge is 0.416 e. The Morgan fingerprint density at radius 3 is 2.40 bits per heavy atom. The summed E-state index contributed by atoms with van der Waals surface area (Å²) in [4.78, 5) is 10.9. The van der Waals surface area contributed by atoms with Gasteiger partial charge in [0, 0.05) is 6.07 Å². The molecule has 1 aliphatic heterocycles. The number of benzene rings is 3. The normalized spacial score (nSPS) is 24.7. The molecule has 3 aliphatic rings. The molecule has 3 aromatic rings. The zero-order valence-corrected chi connectivity index (χ0v) is 24.3. The fraction of sp³-hybridized carbons (Fsp3) is 0.387. The Morgan fingerprint density at radius 1 is 1.02 bits per heavy atom. The molecule has 0 aromatic heterocycles. The van der Waals surface area contributed by atoms with Gasteiger partial charge in [0.25, 0.3) is 10.0 Å². The summed E-state index contributed by atoms with van der Waals surface area (Å²) < 4.78 is 120. The minimum Gasteiger partial charge on any atom is -0.486 e. The van der Waals surface area contributed by atoms with Crippen LogP contribution in [0.4, 0.5) is 32.0 Å². The van der Waals surface area contributed by atoms with Gasteiger partial charge in [0.2, 0.25) is 0 Å². The summed E-state index contributed by atoms with van der Waals surface area (Å²) in [7, 11) is -4.61. The summed E-state index contributed by atoms with van der Waals surface area (Å²) in [5.74, 6) is -2.63. The van der Waals surface area contributed by atoms with Gasteiger partial charge in [-0.05, 0) is 97.0 Å². The van der Waals surface area contributed by atoms with Gasteiger partial charge in [0.15, 0.2) is 0 Å². The lowest BCUT2D eigenvalue weighted by atomic mass is 9.76. The zero-order chi connectivity index (χ0) is 32.3. The number of rotatable bonds is 7. The Morgan fingerprint density at radius 2 is 1.76 bits per heavy atom. The van der Waals surface area contributed by atoms with Gasteiger partial charge in [-0.2, -0.15) is 22.0 Å². The molecular formula is C31H27F6NO6S. The third-order valence-corrected chi connectivity index (χ3v) is 10.8. The first kappa shape index (κ1) is 31.1. The monoisotopic (exact) mass is 655 g/mol. The number of hydrogen-bond donors (Lipinski definition) is 1. The Bertz CT molecular complexity index is 1740. The maximum Gasteiger partial charge on any atom is 0.416 e. The number of ether oxygens (including phenoxy) is 2. The maximum atomic E-state index is 14.3. The first-order valence-corrected chi connectivity index (χ1v) is 15.6. The van der Waals surface area contributed by atoms with E-state index in [0.717, 1.165) is 40.7 Å². The first-order valence-electron chi connectivity index (χ1n) is 14.2. The van der Waals surface area contributed by atoms with E-state index in [4.69, 9.17) is 4.74 Å². The molecule has 2 aliphatic carbocycles. The molecule has 7 nitrogen and oxygen atoms in total.